The molecule has 0 aromatic heterocycles. The van der Waals surface area contributed by atoms with Gasteiger partial charge in [-0.2, -0.15) is 8.42 Å². The number of carbonyl (C=O) groups excluding carboxylic acids is 3. The Kier molecular flexibility index (Phi) is 8.69. The van der Waals surface area contributed by atoms with Gasteiger partial charge in [0.15, 0.2) is 11.6 Å². The highest BCUT2D eigenvalue weighted by Crippen LogP contribution is 2.67. The van der Waals surface area contributed by atoms with E-state index >= 15 is 0 Å². The summed E-state index contributed by atoms with van der Waals surface area (Å²) in [5.74, 6) is 3.19. The Labute approximate surface area is 293 Å². The molecule has 0 aromatic carbocycles. The molecule has 0 amide bonds. The lowest BCUT2D eigenvalue weighted by Crippen LogP contribution is -2.52. The average molecular weight is 699 g/mol. The normalized spacial score (nSPS) is 48.7. The smallest absolute Gasteiger partial charge is 0.364 e. The van der Waals surface area contributed by atoms with Gasteiger partial charge >= 0.3 is 10.4 Å². The van der Waals surface area contributed by atoms with Crippen molar-refractivity contribution < 1.29 is 36.6 Å². The van der Waals surface area contributed by atoms with Crippen LogP contribution in [0.1, 0.15) is 137 Å². The molecule has 0 aromatic rings. The fourth-order valence-corrected chi connectivity index (χ4v) is 14.4. The number of rotatable bonds is 3. The first-order valence-electron chi connectivity index (χ1n) is 19.2. The molecule has 6 fully saturated rings. The first kappa shape index (κ1) is 35.7. The maximum atomic E-state index is 12.4. The van der Waals surface area contributed by atoms with Gasteiger partial charge in [-0.3, -0.25) is 18.9 Å². The van der Waals surface area contributed by atoms with E-state index < -0.39 is 16.2 Å². The summed E-state index contributed by atoms with van der Waals surface area (Å²) >= 11 is 0. The van der Waals surface area contributed by atoms with Crippen LogP contribution in [0.25, 0.3) is 0 Å². The van der Waals surface area contributed by atoms with E-state index in [1.807, 2.05) is 6.08 Å². The summed E-state index contributed by atoms with van der Waals surface area (Å²) in [6, 6.07) is 0. The molecule has 9 heteroatoms. The van der Waals surface area contributed by atoms with Gasteiger partial charge in [0, 0.05) is 37.0 Å². The van der Waals surface area contributed by atoms with Gasteiger partial charge in [0.25, 0.3) is 0 Å². The van der Waals surface area contributed by atoms with Crippen LogP contribution in [0.4, 0.5) is 0 Å². The van der Waals surface area contributed by atoms with Gasteiger partial charge in [0.05, 0.1) is 0 Å². The van der Waals surface area contributed by atoms with Crippen LogP contribution in [-0.4, -0.2) is 41.2 Å². The molecule has 0 spiro atoms. The Balaban J connectivity index is 0.000000155. The Morgan fingerprint density at radius 1 is 0.755 bits per heavy atom. The van der Waals surface area contributed by atoms with Crippen LogP contribution < -0.4 is 0 Å². The van der Waals surface area contributed by atoms with E-state index in [0.717, 1.165) is 74.7 Å². The molecular weight excluding hydrogens is 640 g/mol. The number of allylic oxidation sites excluding steroid dienone is 2. The van der Waals surface area contributed by atoms with Crippen molar-refractivity contribution in [2.75, 3.05) is 0 Å². The van der Waals surface area contributed by atoms with Crippen molar-refractivity contribution in [3.8, 4) is 0 Å². The van der Waals surface area contributed by atoms with Crippen molar-refractivity contribution in [3.05, 3.63) is 23.3 Å². The molecule has 12 atom stereocenters. The summed E-state index contributed by atoms with van der Waals surface area (Å²) in [7, 11) is -4.70. The molecule has 0 aliphatic heterocycles. The maximum Gasteiger partial charge on any atom is 0.400 e. The first-order valence-corrected chi connectivity index (χ1v) is 20.6. The zero-order valence-electron chi connectivity index (χ0n) is 30.3. The van der Waals surface area contributed by atoms with E-state index in [4.69, 9.17) is 4.55 Å². The predicted octanol–water partition coefficient (Wildman–Crippen LogP) is 7.75. The van der Waals surface area contributed by atoms with Crippen LogP contribution in [0.15, 0.2) is 23.3 Å². The molecule has 2 N–H and O–H groups in total. The average Bonchev–Trinajstić information content (AvgIpc) is 3.53. The highest BCUT2D eigenvalue weighted by molar-refractivity contribution is 7.80. The second kappa shape index (κ2) is 11.9. The molecule has 8 aliphatic rings. The standard InChI is InChI=1S/C21H30O2.C19H28O6S/c1-13(22)17-6-7-18-16-5-4-14-12-15(23)8-10-20(14,2)19(16)9-11-21(17,18)3;1-17-9-10-19(21,25-26(22,23)24)11-12(17)3-4-13-14-5-6-16(20)18(14,2)8-7-15(13)17/h12,16-19H,4-11H2,1-3H3;3,13-15,21H,4-11H2,1-2H3,(H,22,23,24)/t16-,17+,18-,19-,20-,21+;13?,14?,15?,17-,18-,19+/m00/s1. The van der Waals surface area contributed by atoms with Crippen LogP contribution in [0, 0.1) is 63.1 Å². The monoisotopic (exact) mass is 698 g/mol. The van der Waals surface area contributed by atoms with Gasteiger partial charge in [-0.15, -0.1) is 0 Å². The largest absolute Gasteiger partial charge is 0.400 e. The molecule has 6 saturated carbocycles. The van der Waals surface area contributed by atoms with Gasteiger partial charge in [-0.1, -0.05) is 44.9 Å². The Hall–Kier alpha value is -1.68. The van der Waals surface area contributed by atoms with Crippen molar-refractivity contribution in [2.45, 2.75) is 143 Å². The number of Topliss-reactive ketones (excluding diaryl/α,β-unsaturated/α-hetero) is 2. The lowest BCUT2D eigenvalue weighted by Gasteiger charge is -2.58. The molecule has 0 bridgehead atoms. The third-order valence-corrected chi connectivity index (χ3v) is 17.1. The lowest BCUT2D eigenvalue weighted by atomic mass is 9.47. The Bertz CT molecular complexity index is 1600. The third kappa shape index (κ3) is 5.70. The molecule has 3 unspecified atom stereocenters. The Morgan fingerprint density at radius 3 is 2.14 bits per heavy atom. The van der Waals surface area contributed by atoms with Crippen molar-refractivity contribution in [3.63, 3.8) is 0 Å². The summed E-state index contributed by atoms with van der Waals surface area (Å²) in [4.78, 5) is 36.4. The summed E-state index contributed by atoms with van der Waals surface area (Å²) in [5.41, 5.74) is 2.70. The minimum Gasteiger partial charge on any atom is -0.364 e. The fraction of sp³-hybridized carbons (Fsp3) is 0.825. The fourth-order valence-electron chi connectivity index (χ4n) is 13.9. The van der Waals surface area contributed by atoms with Gasteiger partial charge in [0.1, 0.15) is 11.6 Å². The van der Waals surface area contributed by atoms with Crippen molar-refractivity contribution >= 4 is 27.7 Å². The SMILES string of the molecule is CC(=O)[C@H]1CC[C@H]2[C@@H]3CCC4=CC(=O)CC[C@]4(C)[C@H]3CC[C@]12C.C[C@]12CC[C@@](O)(OS(=O)(=O)O)CC1=CCC1C2CC[C@]2(C)C(=O)CCC12. The minimum atomic E-state index is -4.70. The molecule has 8 aliphatic carbocycles. The van der Waals surface area contributed by atoms with Crippen LogP contribution in [0.5, 0.6) is 0 Å². The van der Waals surface area contributed by atoms with E-state index in [1.165, 1.54) is 31.3 Å². The molecule has 0 radical (unpaired) electrons. The quantitative estimate of drug-likeness (QED) is 0.174. The van der Waals surface area contributed by atoms with E-state index in [0.29, 0.717) is 53.9 Å². The lowest BCUT2D eigenvalue weighted by molar-refractivity contribution is -0.169. The summed E-state index contributed by atoms with van der Waals surface area (Å²) in [6.45, 7) is 11.0. The topological polar surface area (TPSA) is 135 Å². The van der Waals surface area contributed by atoms with E-state index in [1.54, 1.807) is 6.92 Å². The zero-order valence-corrected chi connectivity index (χ0v) is 31.1. The second-order valence-corrected chi connectivity index (χ2v) is 19.6. The van der Waals surface area contributed by atoms with Gasteiger partial charge < -0.3 is 5.11 Å². The summed E-state index contributed by atoms with van der Waals surface area (Å²) < 4.78 is 35.7. The van der Waals surface area contributed by atoms with Crippen molar-refractivity contribution in [1.29, 1.82) is 0 Å². The maximum absolute atomic E-state index is 12.4. The van der Waals surface area contributed by atoms with Crippen LogP contribution in [0.2, 0.25) is 0 Å². The number of ketones is 3. The van der Waals surface area contributed by atoms with Crippen molar-refractivity contribution in [1.82, 2.24) is 0 Å². The summed E-state index contributed by atoms with van der Waals surface area (Å²) in [5, 5.41) is 10.5. The number of hydrogen-bond donors (Lipinski definition) is 2. The highest BCUT2D eigenvalue weighted by atomic mass is 32.3. The number of aliphatic hydroxyl groups is 1. The van der Waals surface area contributed by atoms with Crippen molar-refractivity contribution in [2.24, 2.45) is 63.1 Å². The molecule has 8 rings (SSSR count). The molecular formula is C40H58O8S. The molecule has 8 nitrogen and oxygen atoms in total. The first-order chi connectivity index (χ1) is 22.8. The molecule has 49 heavy (non-hydrogen) atoms. The Morgan fingerprint density at radius 2 is 1.43 bits per heavy atom. The second-order valence-electron chi connectivity index (χ2n) is 18.6. The van der Waals surface area contributed by atoms with Gasteiger partial charge in [-0.25, -0.2) is 4.18 Å². The zero-order chi connectivity index (χ0) is 35.4. The number of carbonyl (C=O) groups is 3. The predicted molar refractivity (Wildman–Crippen MR) is 185 cm³/mol. The summed E-state index contributed by atoms with van der Waals surface area (Å²) in [6.07, 6.45) is 18.4. The van der Waals surface area contributed by atoms with Gasteiger partial charge in [-0.05, 0) is 142 Å². The number of hydrogen-bond acceptors (Lipinski definition) is 7. The minimum absolute atomic E-state index is 0.105. The van der Waals surface area contributed by atoms with Crippen LogP contribution in [0.3, 0.4) is 0 Å². The molecule has 0 saturated heterocycles. The number of fused-ring (bicyclic) bond motifs is 10. The highest BCUT2D eigenvalue weighted by Gasteiger charge is 2.61. The van der Waals surface area contributed by atoms with Crippen LogP contribution in [-0.2, 0) is 29.0 Å². The van der Waals surface area contributed by atoms with E-state index in [-0.39, 0.29) is 34.5 Å². The van der Waals surface area contributed by atoms with E-state index in [9.17, 15) is 27.9 Å². The van der Waals surface area contributed by atoms with Gasteiger partial charge in [0.2, 0.25) is 0 Å². The third-order valence-electron chi connectivity index (χ3n) is 16.5. The molecule has 272 valence electrons. The molecule has 0 heterocycles. The van der Waals surface area contributed by atoms with Crippen LogP contribution >= 0.6 is 0 Å². The van der Waals surface area contributed by atoms with E-state index in [2.05, 4.69) is 38.0 Å².